The first-order valence-electron chi connectivity index (χ1n) is 12.0. The minimum absolute atomic E-state index is 0.454. The summed E-state index contributed by atoms with van der Waals surface area (Å²) in [6, 6.07) is 17.2. The highest BCUT2D eigenvalue weighted by Gasteiger charge is 2.68. The average Bonchev–Trinajstić information content (AvgIpc) is 3.08. The fraction of sp³-hybridized carbons (Fsp3) is 0.556. The first kappa shape index (κ1) is 24.5. The van der Waals surface area contributed by atoms with Gasteiger partial charge in [-0.25, -0.2) is 0 Å². The van der Waals surface area contributed by atoms with Gasteiger partial charge in [0.15, 0.2) is 0 Å². The zero-order valence-corrected chi connectivity index (χ0v) is 21.9. The summed E-state index contributed by atoms with van der Waals surface area (Å²) < 4.78 is 26.3. The third kappa shape index (κ3) is 3.99. The molecule has 0 saturated carbocycles. The summed E-state index contributed by atoms with van der Waals surface area (Å²) in [5, 5.41) is -0.679. The Balaban J connectivity index is 1.76. The smallest absolute Gasteiger partial charge is 0.403 e. The van der Waals surface area contributed by atoms with Gasteiger partial charge in [0.1, 0.15) is 0 Å². The van der Waals surface area contributed by atoms with Crippen molar-refractivity contribution < 1.29 is 18.6 Å². The van der Waals surface area contributed by atoms with E-state index in [1.807, 2.05) is 0 Å². The molecule has 33 heavy (non-hydrogen) atoms. The maximum absolute atomic E-state index is 6.58. The first-order chi connectivity index (χ1) is 15.1. The van der Waals surface area contributed by atoms with Crippen LogP contribution < -0.4 is 0 Å². The SMILES string of the molecule is Cc1ccc(-c2ccc(C(C)(B3OC(C)(C)C(C)(C)O3)B3OC(C)(C)C(C)(C)O3)cc2)cc1. The van der Waals surface area contributed by atoms with Gasteiger partial charge in [0.2, 0.25) is 0 Å². The fourth-order valence-electron chi connectivity index (χ4n) is 4.33. The molecule has 0 aliphatic carbocycles. The Morgan fingerprint density at radius 1 is 0.545 bits per heavy atom. The minimum Gasteiger partial charge on any atom is -0.403 e. The Morgan fingerprint density at radius 3 is 1.18 bits per heavy atom. The van der Waals surface area contributed by atoms with Gasteiger partial charge in [-0.1, -0.05) is 61.0 Å². The van der Waals surface area contributed by atoms with E-state index < -0.39 is 41.9 Å². The van der Waals surface area contributed by atoms with Crippen LogP contribution in [0.5, 0.6) is 0 Å². The van der Waals surface area contributed by atoms with Crippen LogP contribution in [0.15, 0.2) is 48.5 Å². The highest BCUT2D eigenvalue weighted by atomic mass is 16.7. The Labute approximate surface area is 200 Å². The lowest BCUT2D eigenvalue weighted by Gasteiger charge is -2.34. The Morgan fingerprint density at radius 2 is 0.848 bits per heavy atom. The van der Waals surface area contributed by atoms with E-state index in [2.05, 4.69) is 118 Å². The Bertz CT molecular complexity index is 941. The monoisotopic (exact) mass is 448 g/mol. The van der Waals surface area contributed by atoms with Crippen LogP contribution in [0.25, 0.3) is 11.1 Å². The van der Waals surface area contributed by atoms with Crippen LogP contribution in [-0.4, -0.2) is 36.6 Å². The maximum Gasteiger partial charge on any atom is 0.466 e. The molecule has 2 aliphatic heterocycles. The molecule has 2 aromatic carbocycles. The molecule has 2 aromatic rings. The van der Waals surface area contributed by atoms with Crippen LogP contribution >= 0.6 is 0 Å². The molecular weight excluding hydrogens is 410 g/mol. The molecule has 0 aromatic heterocycles. The lowest BCUT2D eigenvalue weighted by Crippen LogP contribution is -2.56. The third-order valence-corrected chi connectivity index (χ3v) is 8.38. The van der Waals surface area contributed by atoms with E-state index in [0.717, 1.165) is 5.56 Å². The number of benzene rings is 2. The van der Waals surface area contributed by atoms with E-state index in [1.165, 1.54) is 16.7 Å². The van der Waals surface area contributed by atoms with Gasteiger partial charge >= 0.3 is 14.2 Å². The summed E-state index contributed by atoms with van der Waals surface area (Å²) in [7, 11) is -1.05. The quantitative estimate of drug-likeness (QED) is 0.524. The van der Waals surface area contributed by atoms with Crippen LogP contribution in [0.3, 0.4) is 0 Å². The van der Waals surface area contributed by atoms with Crippen molar-refractivity contribution in [1.29, 1.82) is 0 Å². The van der Waals surface area contributed by atoms with E-state index in [4.69, 9.17) is 18.6 Å². The standard InChI is InChI=1S/C27H38B2O4/c1-19-11-13-20(14-12-19)21-15-17-22(18-16-21)27(10,28-30-23(2,3)24(4,5)31-28)29-32-25(6,7)26(8,9)33-29/h11-18H,1-10H3. The molecule has 0 unspecified atom stereocenters. The molecule has 2 saturated heterocycles. The molecule has 2 aliphatic rings. The van der Waals surface area contributed by atoms with Crippen LogP contribution in [0.1, 0.15) is 73.4 Å². The second kappa shape index (κ2) is 7.71. The minimum atomic E-state index is -0.679. The Hall–Kier alpha value is -1.59. The number of rotatable bonds is 4. The average molecular weight is 448 g/mol. The predicted molar refractivity (Wildman–Crippen MR) is 136 cm³/mol. The number of hydrogen-bond acceptors (Lipinski definition) is 4. The topological polar surface area (TPSA) is 36.9 Å². The molecule has 0 amide bonds. The molecular formula is C27H38B2O4. The second-order valence-electron chi connectivity index (χ2n) is 11.9. The lowest BCUT2D eigenvalue weighted by molar-refractivity contribution is 0.00578. The van der Waals surface area contributed by atoms with Crippen LogP contribution in [0, 0.1) is 6.92 Å². The van der Waals surface area contributed by atoms with Gasteiger partial charge in [-0.2, -0.15) is 0 Å². The lowest BCUT2D eigenvalue weighted by atomic mass is 9.37. The second-order valence-corrected chi connectivity index (χ2v) is 11.9. The Kier molecular flexibility index (Phi) is 5.73. The van der Waals surface area contributed by atoms with E-state index in [0.29, 0.717) is 0 Å². The van der Waals surface area contributed by atoms with Crippen molar-refractivity contribution in [3.8, 4) is 11.1 Å². The van der Waals surface area contributed by atoms with Crippen molar-refractivity contribution in [2.45, 2.75) is 96.9 Å². The van der Waals surface area contributed by atoms with Gasteiger partial charge in [-0.05, 0) is 79.0 Å². The number of aryl methyl sites for hydroxylation is 1. The largest absolute Gasteiger partial charge is 0.466 e. The molecule has 176 valence electrons. The summed E-state index contributed by atoms with van der Waals surface area (Å²) in [6.07, 6.45) is 0. The summed E-state index contributed by atoms with van der Waals surface area (Å²) in [5.74, 6) is 0. The van der Waals surface area contributed by atoms with E-state index in [-0.39, 0.29) is 0 Å². The van der Waals surface area contributed by atoms with Crippen molar-refractivity contribution in [1.82, 2.24) is 0 Å². The number of hydrogen-bond donors (Lipinski definition) is 0. The van der Waals surface area contributed by atoms with Gasteiger partial charge in [0.05, 0.1) is 27.6 Å². The molecule has 6 heteroatoms. The molecule has 2 fully saturated rings. The maximum atomic E-state index is 6.58. The van der Waals surface area contributed by atoms with Crippen LogP contribution in [0.2, 0.25) is 0 Å². The van der Waals surface area contributed by atoms with Crippen molar-refractivity contribution in [2.75, 3.05) is 0 Å². The highest BCUT2D eigenvalue weighted by molar-refractivity contribution is 6.71. The van der Waals surface area contributed by atoms with Crippen molar-refractivity contribution >= 4 is 14.2 Å². The molecule has 0 spiro atoms. The normalized spacial score (nSPS) is 23.2. The molecule has 0 radical (unpaired) electrons. The fourth-order valence-corrected chi connectivity index (χ4v) is 4.33. The van der Waals surface area contributed by atoms with Crippen LogP contribution in [0.4, 0.5) is 0 Å². The summed E-state index contributed by atoms with van der Waals surface area (Å²) >= 11 is 0. The molecule has 2 heterocycles. The van der Waals surface area contributed by atoms with E-state index in [1.54, 1.807) is 0 Å². The summed E-state index contributed by atoms with van der Waals surface area (Å²) in [5.41, 5.74) is 2.87. The van der Waals surface area contributed by atoms with Gasteiger partial charge in [0.25, 0.3) is 0 Å². The summed E-state index contributed by atoms with van der Waals surface area (Å²) in [4.78, 5) is 0. The zero-order chi connectivity index (χ0) is 24.4. The summed E-state index contributed by atoms with van der Waals surface area (Å²) in [6.45, 7) is 20.9. The van der Waals surface area contributed by atoms with E-state index >= 15 is 0 Å². The molecule has 0 bridgehead atoms. The van der Waals surface area contributed by atoms with Gasteiger partial charge in [0, 0.05) is 0 Å². The molecule has 4 nitrogen and oxygen atoms in total. The molecule has 4 rings (SSSR count). The molecule has 0 atom stereocenters. The van der Waals surface area contributed by atoms with Gasteiger partial charge in [-0.15, -0.1) is 0 Å². The zero-order valence-electron chi connectivity index (χ0n) is 21.9. The van der Waals surface area contributed by atoms with Gasteiger partial charge in [-0.3, -0.25) is 0 Å². The first-order valence-corrected chi connectivity index (χ1v) is 12.0. The van der Waals surface area contributed by atoms with Crippen molar-refractivity contribution in [2.24, 2.45) is 0 Å². The van der Waals surface area contributed by atoms with Gasteiger partial charge < -0.3 is 18.6 Å². The van der Waals surface area contributed by atoms with Crippen LogP contribution in [-0.2, 0) is 23.8 Å². The van der Waals surface area contributed by atoms with E-state index in [9.17, 15) is 0 Å². The molecule has 0 N–H and O–H groups in total. The third-order valence-electron chi connectivity index (χ3n) is 8.38. The predicted octanol–water partition coefficient (Wildman–Crippen LogP) is 6.18. The van der Waals surface area contributed by atoms with Crippen molar-refractivity contribution in [3.63, 3.8) is 0 Å². The van der Waals surface area contributed by atoms with Crippen molar-refractivity contribution in [3.05, 3.63) is 59.7 Å². The highest BCUT2D eigenvalue weighted by Crippen LogP contribution is 2.49.